The molecule has 1 rings (SSSR count). The average Bonchev–Trinajstić information content (AvgIpc) is 2.56. The molecule has 6 heteroatoms. The number of ether oxygens (including phenoxy) is 1. The number of hydrogen-bond donors (Lipinski definition) is 1. The van der Waals surface area contributed by atoms with E-state index in [4.69, 9.17) is 9.84 Å². The molecule has 0 aromatic carbocycles. The second-order valence-electron chi connectivity index (χ2n) is 3.43. The highest BCUT2D eigenvalue weighted by Gasteiger charge is 2.16. The van der Waals surface area contributed by atoms with E-state index in [-0.39, 0.29) is 23.1 Å². The number of nitrogens with zero attached hydrogens (tertiary/aromatic N) is 1. The van der Waals surface area contributed by atoms with E-state index < -0.39 is 5.97 Å². The average molecular weight is 243 g/mol. The zero-order chi connectivity index (χ0) is 12.3. The molecule has 1 N–H and O–H groups in total. The summed E-state index contributed by atoms with van der Waals surface area (Å²) < 4.78 is 5.18. The number of hydrogen-bond acceptors (Lipinski definition) is 4. The van der Waals surface area contributed by atoms with Gasteiger partial charge >= 0.3 is 5.97 Å². The van der Waals surface area contributed by atoms with Crippen LogP contribution in [-0.4, -0.2) is 42.6 Å². The molecule has 1 heterocycles. The molecular weight excluding hydrogens is 230 g/mol. The topological polar surface area (TPSA) is 66.8 Å². The van der Waals surface area contributed by atoms with Crippen LogP contribution in [0.3, 0.4) is 0 Å². The zero-order valence-corrected chi connectivity index (χ0v) is 10.1. The van der Waals surface area contributed by atoms with Crippen LogP contribution in [0.15, 0.2) is 6.07 Å². The van der Waals surface area contributed by atoms with Crippen molar-refractivity contribution in [1.29, 1.82) is 0 Å². The number of carbonyl (C=O) groups is 2. The molecule has 0 aliphatic carbocycles. The number of rotatable bonds is 4. The van der Waals surface area contributed by atoms with Gasteiger partial charge in [-0.15, -0.1) is 11.3 Å². The number of aryl methyl sites for hydroxylation is 1. The van der Waals surface area contributed by atoms with Crippen LogP contribution in [0.4, 0.5) is 0 Å². The molecule has 16 heavy (non-hydrogen) atoms. The van der Waals surface area contributed by atoms with Crippen molar-refractivity contribution < 1.29 is 19.4 Å². The first-order valence-corrected chi connectivity index (χ1v) is 5.40. The molecule has 0 saturated carbocycles. The van der Waals surface area contributed by atoms with E-state index in [0.717, 1.165) is 16.2 Å². The van der Waals surface area contributed by atoms with Crippen molar-refractivity contribution in [1.82, 2.24) is 4.90 Å². The maximum Gasteiger partial charge on any atom is 0.349 e. The van der Waals surface area contributed by atoms with Gasteiger partial charge in [0.2, 0.25) is 0 Å². The van der Waals surface area contributed by atoms with Gasteiger partial charge in [-0.2, -0.15) is 0 Å². The second kappa shape index (κ2) is 4.98. The summed E-state index contributed by atoms with van der Waals surface area (Å²) in [5.41, 5.74) is 0. The molecule has 1 amide bonds. The zero-order valence-electron chi connectivity index (χ0n) is 9.31. The van der Waals surface area contributed by atoms with Gasteiger partial charge in [-0.3, -0.25) is 4.79 Å². The predicted octanol–water partition coefficient (Wildman–Crippen LogP) is 1.22. The molecule has 0 aliphatic rings. The van der Waals surface area contributed by atoms with Crippen molar-refractivity contribution in [2.24, 2.45) is 0 Å². The molecule has 0 atom stereocenters. The second-order valence-corrected chi connectivity index (χ2v) is 4.69. The molecule has 0 fully saturated rings. The number of amides is 1. The molecule has 0 radical (unpaired) electrons. The number of likely N-dealkylation sites (N-methyl/N-ethyl adjacent to an activating group) is 1. The predicted molar refractivity (Wildman–Crippen MR) is 60.2 cm³/mol. The van der Waals surface area contributed by atoms with E-state index in [0.29, 0.717) is 0 Å². The molecule has 0 unspecified atom stereocenters. The quantitative estimate of drug-likeness (QED) is 0.863. The Morgan fingerprint density at radius 3 is 2.62 bits per heavy atom. The summed E-state index contributed by atoms with van der Waals surface area (Å²) in [6, 6.07) is 1.62. The van der Waals surface area contributed by atoms with Gasteiger partial charge in [0.1, 0.15) is 5.75 Å². The van der Waals surface area contributed by atoms with E-state index in [1.807, 2.05) is 0 Å². The summed E-state index contributed by atoms with van der Waals surface area (Å²) in [7, 11) is 3.23. The Kier molecular flexibility index (Phi) is 3.89. The van der Waals surface area contributed by atoms with Gasteiger partial charge in [-0.05, 0) is 13.0 Å². The summed E-state index contributed by atoms with van der Waals surface area (Å²) >= 11 is 1.13. The third-order valence-electron chi connectivity index (χ3n) is 1.87. The van der Waals surface area contributed by atoms with Crippen molar-refractivity contribution in [3.8, 4) is 5.75 Å². The first-order valence-electron chi connectivity index (χ1n) is 4.58. The minimum Gasteiger partial charge on any atom is -0.482 e. The van der Waals surface area contributed by atoms with E-state index in [2.05, 4.69) is 0 Å². The Hall–Kier alpha value is -1.56. The van der Waals surface area contributed by atoms with Crippen molar-refractivity contribution in [2.75, 3.05) is 20.7 Å². The smallest absolute Gasteiger partial charge is 0.349 e. The van der Waals surface area contributed by atoms with Gasteiger partial charge in [0.15, 0.2) is 11.5 Å². The van der Waals surface area contributed by atoms with Crippen molar-refractivity contribution in [2.45, 2.75) is 6.92 Å². The Bertz CT molecular complexity index is 411. The van der Waals surface area contributed by atoms with Crippen LogP contribution in [0, 0.1) is 6.92 Å². The SMILES string of the molecule is Cc1cc(OCC(=O)N(C)C)c(C(=O)O)s1. The molecule has 1 aromatic heterocycles. The van der Waals surface area contributed by atoms with Crippen LogP contribution in [0.2, 0.25) is 0 Å². The van der Waals surface area contributed by atoms with Gasteiger partial charge < -0.3 is 14.7 Å². The molecule has 5 nitrogen and oxygen atoms in total. The number of thiophene rings is 1. The Morgan fingerprint density at radius 2 is 2.12 bits per heavy atom. The van der Waals surface area contributed by atoms with E-state index in [1.54, 1.807) is 27.1 Å². The van der Waals surface area contributed by atoms with Crippen molar-refractivity contribution in [3.05, 3.63) is 15.8 Å². The Morgan fingerprint density at radius 1 is 1.50 bits per heavy atom. The normalized spacial score (nSPS) is 9.94. The lowest BCUT2D eigenvalue weighted by molar-refractivity contribution is -0.130. The Balaban J connectivity index is 2.74. The summed E-state index contributed by atoms with van der Waals surface area (Å²) in [4.78, 5) is 24.5. The lowest BCUT2D eigenvalue weighted by Gasteiger charge is -2.10. The molecule has 0 bridgehead atoms. The first kappa shape index (κ1) is 12.5. The third-order valence-corrected chi connectivity index (χ3v) is 2.89. The van der Waals surface area contributed by atoms with Gasteiger partial charge in [-0.1, -0.05) is 0 Å². The molecule has 88 valence electrons. The minimum absolute atomic E-state index is 0.129. The summed E-state index contributed by atoms with van der Waals surface area (Å²) in [5, 5.41) is 8.89. The maximum atomic E-state index is 11.3. The van der Waals surface area contributed by atoms with E-state index in [9.17, 15) is 9.59 Å². The lowest BCUT2D eigenvalue weighted by atomic mass is 10.4. The monoisotopic (exact) mass is 243 g/mol. The fraction of sp³-hybridized carbons (Fsp3) is 0.400. The van der Waals surface area contributed by atoms with Crippen LogP contribution in [0.25, 0.3) is 0 Å². The van der Waals surface area contributed by atoms with E-state index in [1.165, 1.54) is 4.90 Å². The lowest BCUT2D eigenvalue weighted by Crippen LogP contribution is -2.27. The highest BCUT2D eigenvalue weighted by Crippen LogP contribution is 2.28. The van der Waals surface area contributed by atoms with Gasteiger partial charge in [0.25, 0.3) is 5.91 Å². The molecule has 1 aromatic rings. The molecule has 0 aliphatic heterocycles. The Labute approximate surface area is 97.3 Å². The van der Waals surface area contributed by atoms with Crippen LogP contribution in [0.5, 0.6) is 5.75 Å². The largest absolute Gasteiger partial charge is 0.482 e. The third kappa shape index (κ3) is 2.96. The maximum absolute atomic E-state index is 11.3. The number of carbonyl (C=O) groups excluding carboxylic acids is 1. The van der Waals surface area contributed by atoms with Crippen LogP contribution < -0.4 is 4.74 Å². The van der Waals surface area contributed by atoms with Crippen LogP contribution in [0.1, 0.15) is 14.5 Å². The first-order chi connectivity index (χ1) is 7.41. The fourth-order valence-corrected chi connectivity index (χ4v) is 1.81. The van der Waals surface area contributed by atoms with Crippen molar-refractivity contribution >= 4 is 23.2 Å². The summed E-state index contributed by atoms with van der Waals surface area (Å²) in [5.74, 6) is -0.990. The van der Waals surface area contributed by atoms with Crippen molar-refractivity contribution in [3.63, 3.8) is 0 Å². The van der Waals surface area contributed by atoms with E-state index >= 15 is 0 Å². The standard InChI is InChI=1S/C10H13NO4S/c1-6-4-7(9(16-6)10(13)14)15-5-8(12)11(2)3/h4H,5H2,1-3H3,(H,13,14). The number of aromatic carboxylic acids is 1. The summed E-state index contributed by atoms with van der Waals surface area (Å²) in [6.07, 6.45) is 0. The molecular formula is C10H13NO4S. The van der Waals surface area contributed by atoms with Crippen LogP contribution in [-0.2, 0) is 4.79 Å². The minimum atomic E-state index is -1.04. The van der Waals surface area contributed by atoms with Gasteiger partial charge in [0, 0.05) is 19.0 Å². The van der Waals surface area contributed by atoms with Gasteiger partial charge in [0.05, 0.1) is 0 Å². The summed E-state index contributed by atoms with van der Waals surface area (Å²) in [6.45, 7) is 1.64. The number of carboxylic acid groups (broad SMARTS) is 1. The van der Waals surface area contributed by atoms with Crippen LogP contribution >= 0.6 is 11.3 Å². The van der Waals surface area contributed by atoms with Gasteiger partial charge in [-0.25, -0.2) is 4.79 Å². The molecule has 0 saturated heterocycles. The highest BCUT2D eigenvalue weighted by atomic mass is 32.1. The number of carboxylic acids is 1. The highest BCUT2D eigenvalue weighted by molar-refractivity contribution is 7.14. The molecule has 0 spiro atoms. The fourth-order valence-electron chi connectivity index (χ4n) is 1.02.